The first kappa shape index (κ1) is 20.6. The first-order valence-electron chi connectivity index (χ1n) is 9.48. The number of methoxy groups -OCH3 is 1. The maximum absolute atomic E-state index is 11.4. The van der Waals surface area contributed by atoms with Gasteiger partial charge >= 0.3 is 5.97 Å². The van der Waals surface area contributed by atoms with Crippen molar-refractivity contribution >= 4 is 17.3 Å². The highest BCUT2D eigenvalue weighted by Gasteiger charge is 2.21. The molecule has 4 rings (SSSR count). The second-order valence-electron chi connectivity index (χ2n) is 6.90. The molecule has 0 bridgehead atoms. The molecule has 0 aliphatic heterocycles. The maximum atomic E-state index is 11.4. The van der Waals surface area contributed by atoms with E-state index in [0.717, 1.165) is 33.7 Å². The number of rotatable bonds is 6. The Bertz CT molecular complexity index is 1260. The van der Waals surface area contributed by atoms with E-state index < -0.39 is 5.97 Å². The highest BCUT2D eigenvalue weighted by atomic mass is 32.1. The van der Waals surface area contributed by atoms with Crippen molar-refractivity contribution < 1.29 is 23.9 Å². The molecule has 0 saturated heterocycles. The number of hydrogen-bond donors (Lipinski definition) is 1. The van der Waals surface area contributed by atoms with Crippen molar-refractivity contribution in [3.63, 3.8) is 0 Å². The summed E-state index contributed by atoms with van der Waals surface area (Å²) in [4.78, 5) is 16.1. The van der Waals surface area contributed by atoms with Gasteiger partial charge in [-0.25, -0.2) is 9.78 Å². The lowest BCUT2D eigenvalue weighted by Gasteiger charge is -2.14. The molecule has 8 heteroatoms. The summed E-state index contributed by atoms with van der Waals surface area (Å²) in [7, 11) is 1.59. The molecular weight excluding hydrogens is 416 g/mol. The lowest BCUT2D eigenvalue weighted by atomic mass is 10.0. The number of aromatic nitrogens is 2. The number of nitrogens with zero attached hydrogens (tertiary/aromatic N) is 2. The Kier molecular flexibility index (Phi) is 5.48. The molecule has 0 radical (unpaired) electrons. The first-order valence-corrected chi connectivity index (χ1v) is 10.3. The minimum Gasteiger partial charge on any atom is -0.493 e. The summed E-state index contributed by atoms with van der Waals surface area (Å²) < 4.78 is 17.0. The number of thiazole rings is 1. The molecule has 0 amide bonds. The van der Waals surface area contributed by atoms with Crippen LogP contribution >= 0.6 is 11.3 Å². The quantitative estimate of drug-likeness (QED) is 0.403. The van der Waals surface area contributed by atoms with E-state index in [1.807, 2.05) is 56.3 Å². The molecule has 158 valence electrons. The topological polar surface area (TPSA) is 94.7 Å². The van der Waals surface area contributed by atoms with Crippen molar-refractivity contribution in [2.45, 2.75) is 20.8 Å². The van der Waals surface area contributed by atoms with Gasteiger partial charge in [-0.15, -0.1) is 11.3 Å². The average molecular weight is 436 g/mol. The lowest BCUT2D eigenvalue weighted by molar-refractivity contribution is 0.0701. The molecule has 2 aromatic carbocycles. The molecule has 1 N–H and O–H groups in total. The Hall–Kier alpha value is -3.65. The zero-order chi connectivity index (χ0) is 22.1. The van der Waals surface area contributed by atoms with Crippen LogP contribution in [0, 0.1) is 20.8 Å². The molecular formula is C23H20N2O5S. The van der Waals surface area contributed by atoms with Crippen LogP contribution in [0.4, 0.5) is 0 Å². The molecule has 31 heavy (non-hydrogen) atoms. The van der Waals surface area contributed by atoms with Crippen molar-refractivity contribution in [3.05, 3.63) is 64.5 Å². The minimum absolute atomic E-state index is 0.225. The van der Waals surface area contributed by atoms with E-state index in [-0.39, 0.29) is 4.88 Å². The molecule has 2 heterocycles. The molecule has 2 aromatic heterocycles. The maximum Gasteiger partial charge on any atom is 0.347 e. The van der Waals surface area contributed by atoms with Crippen molar-refractivity contribution in [2.75, 3.05) is 7.11 Å². The fourth-order valence-corrected chi connectivity index (χ4v) is 4.26. The third kappa shape index (κ3) is 3.89. The van der Waals surface area contributed by atoms with Gasteiger partial charge in [-0.3, -0.25) is 0 Å². The molecule has 0 atom stereocenters. The van der Waals surface area contributed by atoms with Crippen LogP contribution in [-0.4, -0.2) is 28.3 Å². The fourth-order valence-electron chi connectivity index (χ4n) is 3.35. The normalized spacial score (nSPS) is 10.8. The SMILES string of the molecule is COc1ccccc1Oc1ccc(-c2nc(C)c(C(=O)O)s2)cc1-c1c(C)noc1C. The van der Waals surface area contributed by atoms with E-state index in [1.54, 1.807) is 14.0 Å². The molecule has 0 aliphatic rings. The minimum atomic E-state index is -0.983. The highest BCUT2D eigenvalue weighted by molar-refractivity contribution is 7.17. The third-order valence-electron chi connectivity index (χ3n) is 4.81. The van der Waals surface area contributed by atoms with Gasteiger partial charge < -0.3 is 19.1 Å². The molecule has 4 aromatic rings. The highest BCUT2D eigenvalue weighted by Crippen LogP contribution is 2.42. The van der Waals surface area contributed by atoms with Gasteiger partial charge in [0, 0.05) is 11.1 Å². The third-order valence-corrected chi connectivity index (χ3v) is 6.00. The van der Waals surface area contributed by atoms with Crippen molar-refractivity contribution in [2.24, 2.45) is 0 Å². The Morgan fingerprint density at radius 3 is 2.39 bits per heavy atom. The largest absolute Gasteiger partial charge is 0.493 e. The number of carboxylic acids is 1. The average Bonchev–Trinajstić information content (AvgIpc) is 3.31. The van der Waals surface area contributed by atoms with Crippen LogP contribution in [0.25, 0.3) is 21.7 Å². The Balaban J connectivity index is 1.86. The van der Waals surface area contributed by atoms with Crippen molar-refractivity contribution in [1.29, 1.82) is 0 Å². The van der Waals surface area contributed by atoms with Crippen LogP contribution in [0.5, 0.6) is 17.2 Å². The van der Waals surface area contributed by atoms with Gasteiger partial charge in [-0.2, -0.15) is 0 Å². The van der Waals surface area contributed by atoms with E-state index in [9.17, 15) is 9.90 Å². The number of hydrogen-bond acceptors (Lipinski definition) is 7. The zero-order valence-electron chi connectivity index (χ0n) is 17.4. The van der Waals surface area contributed by atoms with Gasteiger partial charge in [-0.05, 0) is 51.1 Å². The number of carbonyl (C=O) groups is 1. The number of carboxylic acid groups (broad SMARTS) is 1. The van der Waals surface area contributed by atoms with E-state index >= 15 is 0 Å². The van der Waals surface area contributed by atoms with Gasteiger partial charge in [0.2, 0.25) is 0 Å². The predicted octanol–water partition coefficient (Wildman–Crippen LogP) is 5.89. The number of para-hydroxylation sites is 2. The Morgan fingerprint density at radius 1 is 1.03 bits per heavy atom. The number of aryl methyl sites for hydroxylation is 3. The molecule has 7 nitrogen and oxygen atoms in total. The van der Waals surface area contributed by atoms with Crippen molar-refractivity contribution in [1.82, 2.24) is 10.1 Å². The predicted molar refractivity (Wildman–Crippen MR) is 117 cm³/mol. The Morgan fingerprint density at radius 2 is 1.77 bits per heavy atom. The van der Waals surface area contributed by atoms with Gasteiger partial charge in [0.05, 0.1) is 24.1 Å². The second kappa shape index (κ2) is 8.23. The summed E-state index contributed by atoms with van der Waals surface area (Å²) in [6.45, 7) is 5.39. The summed E-state index contributed by atoms with van der Waals surface area (Å²) in [5.41, 5.74) is 3.58. The standard InChI is InChI=1S/C23H20N2O5S/c1-12-20(14(3)30-25-12)16-11-15(22-24-13(2)21(31-22)23(26)27)9-10-17(16)29-19-8-6-5-7-18(19)28-4/h5-11H,1-4H3,(H,26,27). The summed E-state index contributed by atoms with van der Waals surface area (Å²) in [6.07, 6.45) is 0. The van der Waals surface area contributed by atoms with Gasteiger partial charge in [-0.1, -0.05) is 17.3 Å². The molecule has 0 saturated carbocycles. The number of aromatic carboxylic acids is 1. The van der Waals surface area contributed by atoms with Gasteiger partial charge in [0.25, 0.3) is 0 Å². The summed E-state index contributed by atoms with van der Waals surface area (Å²) in [6, 6.07) is 13.0. The molecule has 0 spiro atoms. The first-order chi connectivity index (χ1) is 14.9. The Labute approximate surface area is 182 Å². The zero-order valence-corrected chi connectivity index (χ0v) is 18.2. The number of benzene rings is 2. The molecule has 0 aliphatic carbocycles. The lowest BCUT2D eigenvalue weighted by Crippen LogP contribution is -1.94. The smallest absolute Gasteiger partial charge is 0.347 e. The van der Waals surface area contributed by atoms with E-state index in [0.29, 0.717) is 33.7 Å². The van der Waals surface area contributed by atoms with E-state index in [4.69, 9.17) is 14.0 Å². The van der Waals surface area contributed by atoms with Crippen molar-refractivity contribution in [3.8, 4) is 38.9 Å². The number of ether oxygens (including phenoxy) is 2. The van der Waals surface area contributed by atoms with E-state index in [2.05, 4.69) is 10.1 Å². The fraction of sp³-hybridized carbons (Fsp3) is 0.174. The summed E-state index contributed by atoms with van der Waals surface area (Å²) >= 11 is 1.14. The van der Waals surface area contributed by atoms with Crippen LogP contribution in [0.3, 0.4) is 0 Å². The van der Waals surface area contributed by atoms with E-state index in [1.165, 1.54) is 0 Å². The summed E-state index contributed by atoms with van der Waals surface area (Å²) in [5.74, 6) is 1.45. The molecule has 0 unspecified atom stereocenters. The van der Waals surface area contributed by atoms with Gasteiger partial charge in [0.15, 0.2) is 11.5 Å². The van der Waals surface area contributed by atoms with Crippen LogP contribution in [-0.2, 0) is 0 Å². The van der Waals surface area contributed by atoms with Crippen LogP contribution in [0.1, 0.15) is 26.8 Å². The molecule has 0 fully saturated rings. The summed E-state index contributed by atoms with van der Waals surface area (Å²) in [5, 5.41) is 14.1. The van der Waals surface area contributed by atoms with Crippen LogP contribution in [0.15, 0.2) is 47.0 Å². The van der Waals surface area contributed by atoms with Crippen LogP contribution in [0.2, 0.25) is 0 Å². The second-order valence-corrected chi connectivity index (χ2v) is 7.90. The van der Waals surface area contributed by atoms with Crippen LogP contribution < -0.4 is 9.47 Å². The monoisotopic (exact) mass is 436 g/mol. The van der Waals surface area contributed by atoms with Gasteiger partial charge in [0.1, 0.15) is 21.4 Å².